The van der Waals surface area contributed by atoms with E-state index in [1.54, 1.807) is 0 Å². The summed E-state index contributed by atoms with van der Waals surface area (Å²) in [6.07, 6.45) is 3.67. The van der Waals surface area contributed by atoms with Crippen LogP contribution in [0.2, 0.25) is 0 Å². The molecule has 0 bridgehead atoms. The van der Waals surface area contributed by atoms with E-state index in [-0.39, 0.29) is 0 Å². The second-order valence-corrected chi connectivity index (χ2v) is 3.14. The molecule has 0 amide bonds. The molecular weight excluding hydrogens is 166 g/mol. The third-order valence-corrected chi connectivity index (χ3v) is 2.10. The molecule has 0 fully saturated rings. The Morgan fingerprint density at radius 2 is 2.38 bits per heavy atom. The Balaban J connectivity index is 2.12. The van der Waals surface area contributed by atoms with Crippen LogP contribution in [0.5, 0.6) is 0 Å². The van der Waals surface area contributed by atoms with Crippen molar-refractivity contribution in [3.05, 3.63) is 23.3 Å². The van der Waals surface area contributed by atoms with Crippen LogP contribution >= 0.6 is 0 Å². The van der Waals surface area contributed by atoms with Gasteiger partial charge in [-0.05, 0) is 13.0 Å². The smallest absolute Gasteiger partial charge is 0.128 e. The SMILES string of the molecule is NCCCc1ncc2c(n1)COC2. The molecule has 2 heterocycles. The summed E-state index contributed by atoms with van der Waals surface area (Å²) < 4.78 is 5.25. The lowest BCUT2D eigenvalue weighted by Crippen LogP contribution is -2.04. The molecule has 4 heteroatoms. The highest BCUT2D eigenvalue weighted by molar-refractivity contribution is 5.18. The average Bonchev–Trinajstić information content (AvgIpc) is 2.61. The molecule has 2 N–H and O–H groups in total. The maximum absolute atomic E-state index is 5.41. The van der Waals surface area contributed by atoms with Crippen molar-refractivity contribution in [3.8, 4) is 0 Å². The molecule has 0 aromatic carbocycles. The predicted molar refractivity (Wildman–Crippen MR) is 47.9 cm³/mol. The van der Waals surface area contributed by atoms with Crippen LogP contribution in [0.3, 0.4) is 0 Å². The van der Waals surface area contributed by atoms with Crippen LogP contribution in [-0.2, 0) is 24.4 Å². The van der Waals surface area contributed by atoms with E-state index in [9.17, 15) is 0 Å². The van der Waals surface area contributed by atoms with Crippen LogP contribution in [0.25, 0.3) is 0 Å². The molecule has 0 unspecified atom stereocenters. The fourth-order valence-electron chi connectivity index (χ4n) is 1.37. The molecule has 4 nitrogen and oxygen atoms in total. The largest absolute Gasteiger partial charge is 0.370 e. The van der Waals surface area contributed by atoms with Crippen molar-refractivity contribution < 1.29 is 4.74 Å². The Bertz CT molecular complexity index is 301. The van der Waals surface area contributed by atoms with E-state index >= 15 is 0 Å². The minimum Gasteiger partial charge on any atom is -0.370 e. The zero-order valence-electron chi connectivity index (χ0n) is 7.49. The minimum absolute atomic E-state index is 0.632. The number of hydrogen-bond donors (Lipinski definition) is 1. The fourth-order valence-corrected chi connectivity index (χ4v) is 1.37. The molecule has 1 aliphatic heterocycles. The number of nitrogens with zero attached hydrogens (tertiary/aromatic N) is 2. The van der Waals surface area contributed by atoms with Crippen LogP contribution in [-0.4, -0.2) is 16.5 Å². The van der Waals surface area contributed by atoms with Crippen molar-refractivity contribution in [2.45, 2.75) is 26.1 Å². The standard InChI is InChI=1S/C9H13N3O/c10-3-1-2-9-11-4-7-5-13-6-8(7)12-9/h4H,1-3,5-6,10H2. The van der Waals surface area contributed by atoms with Crippen LogP contribution in [0.15, 0.2) is 6.20 Å². The van der Waals surface area contributed by atoms with E-state index in [0.717, 1.165) is 29.9 Å². The maximum atomic E-state index is 5.41. The van der Waals surface area contributed by atoms with Crippen LogP contribution in [0, 0.1) is 0 Å². The summed E-state index contributed by atoms with van der Waals surface area (Å²) in [7, 11) is 0. The van der Waals surface area contributed by atoms with E-state index in [2.05, 4.69) is 9.97 Å². The van der Waals surface area contributed by atoms with Crippen molar-refractivity contribution in [2.75, 3.05) is 6.54 Å². The van der Waals surface area contributed by atoms with Gasteiger partial charge in [-0.1, -0.05) is 0 Å². The molecule has 0 aliphatic carbocycles. The zero-order valence-corrected chi connectivity index (χ0v) is 7.49. The molecule has 0 radical (unpaired) electrons. The normalized spacial score (nSPS) is 14.5. The highest BCUT2D eigenvalue weighted by Crippen LogP contribution is 2.16. The highest BCUT2D eigenvalue weighted by atomic mass is 16.5. The highest BCUT2D eigenvalue weighted by Gasteiger charge is 2.13. The van der Waals surface area contributed by atoms with Gasteiger partial charge >= 0.3 is 0 Å². The van der Waals surface area contributed by atoms with Gasteiger partial charge in [0.05, 0.1) is 18.9 Å². The lowest BCUT2D eigenvalue weighted by Gasteiger charge is -2.00. The number of fused-ring (bicyclic) bond motifs is 1. The average molecular weight is 179 g/mol. The molecule has 1 aromatic heterocycles. The second-order valence-electron chi connectivity index (χ2n) is 3.14. The van der Waals surface area contributed by atoms with Crippen molar-refractivity contribution >= 4 is 0 Å². The van der Waals surface area contributed by atoms with Crippen molar-refractivity contribution in [2.24, 2.45) is 5.73 Å². The van der Waals surface area contributed by atoms with Crippen molar-refractivity contribution in [1.29, 1.82) is 0 Å². The molecule has 0 saturated carbocycles. The number of rotatable bonds is 3. The predicted octanol–water partition coefficient (Wildman–Crippen LogP) is 0.398. The monoisotopic (exact) mass is 179 g/mol. The third kappa shape index (κ3) is 1.84. The molecule has 2 rings (SSSR count). The number of hydrogen-bond acceptors (Lipinski definition) is 4. The van der Waals surface area contributed by atoms with Gasteiger partial charge in [0.15, 0.2) is 0 Å². The van der Waals surface area contributed by atoms with Gasteiger partial charge in [-0.3, -0.25) is 0 Å². The lowest BCUT2D eigenvalue weighted by molar-refractivity contribution is 0.133. The molecule has 1 aromatic rings. The van der Waals surface area contributed by atoms with E-state index in [1.807, 2.05) is 6.20 Å². The molecule has 0 spiro atoms. The number of nitrogens with two attached hydrogens (primary N) is 1. The van der Waals surface area contributed by atoms with E-state index in [0.29, 0.717) is 19.8 Å². The quantitative estimate of drug-likeness (QED) is 0.729. The zero-order chi connectivity index (χ0) is 9.10. The lowest BCUT2D eigenvalue weighted by atomic mass is 10.2. The number of aromatic nitrogens is 2. The van der Waals surface area contributed by atoms with Crippen LogP contribution in [0.4, 0.5) is 0 Å². The van der Waals surface area contributed by atoms with Gasteiger partial charge in [-0.15, -0.1) is 0 Å². The Labute approximate surface area is 77.1 Å². The molecule has 1 aliphatic rings. The summed E-state index contributed by atoms with van der Waals surface area (Å²) in [6, 6.07) is 0. The molecular formula is C9H13N3O. The Hall–Kier alpha value is -1.00. The Morgan fingerprint density at radius 3 is 3.23 bits per heavy atom. The van der Waals surface area contributed by atoms with Gasteiger partial charge in [-0.25, -0.2) is 9.97 Å². The molecule has 0 saturated heterocycles. The first kappa shape index (κ1) is 8.59. The maximum Gasteiger partial charge on any atom is 0.128 e. The minimum atomic E-state index is 0.632. The van der Waals surface area contributed by atoms with Gasteiger partial charge in [0.2, 0.25) is 0 Å². The van der Waals surface area contributed by atoms with E-state index < -0.39 is 0 Å². The number of aryl methyl sites for hydroxylation is 1. The first-order valence-electron chi connectivity index (χ1n) is 4.51. The Kier molecular flexibility index (Phi) is 2.52. The first-order chi connectivity index (χ1) is 6.40. The van der Waals surface area contributed by atoms with Gasteiger partial charge in [-0.2, -0.15) is 0 Å². The summed E-state index contributed by atoms with van der Waals surface area (Å²) >= 11 is 0. The Morgan fingerprint density at radius 1 is 1.46 bits per heavy atom. The second kappa shape index (κ2) is 3.81. The third-order valence-electron chi connectivity index (χ3n) is 2.10. The fraction of sp³-hybridized carbons (Fsp3) is 0.556. The van der Waals surface area contributed by atoms with E-state index in [4.69, 9.17) is 10.5 Å². The summed E-state index contributed by atoms with van der Waals surface area (Å²) in [5.74, 6) is 0.884. The topological polar surface area (TPSA) is 61.0 Å². The van der Waals surface area contributed by atoms with Gasteiger partial charge in [0.1, 0.15) is 5.82 Å². The summed E-state index contributed by atoms with van der Waals surface area (Å²) in [6.45, 7) is 1.98. The van der Waals surface area contributed by atoms with Gasteiger partial charge in [0, 0.05) is 18.2 Å². The summed E-state index contributed by atoms with van der Waals surface area (Å²) in [5, 5.41) is 0. The van der Waals surface area contributed by atoms with E-state index in [1.165, 1.54) is 0 Å². The molecule has 13 heavy (non-hydrogen) atoms. The van der Waals surface area contributed by atoms with Crippen LogP contribution < -0.4 is 5.73 Å². The summed E-state index contributed by atoms with van der Waals surface area (Å²) in [5.41, 5.74) is 7.57. The number of ether oxygens (including phenoxy) is 1. The van der Waals surface area contributed by atoms with Crippen LogP contribution in [0.1, 0.15) is 23.5 Å². The molecule has 70 valence electrons. The summed E-state index contributed by atoms with van der Waals surface area (Å²) in [4.78, 5) is 8.64. The molecule has 0 atom stereocenters. The van der Waals surface area contributed by atoms with Gasteiger partial charge in [0.25, 0.3) is 0 Å². The van der Waals surface area contributed by atoms with Gasteiger partial charge < -0.3 is 10.5 Å². The first-order valence-corrected chi connectivity index (χ1v) is 4.51. The van der Waals surface area contributed by atoms with Crippen molar-refractivity contribution in [3.63, 3.8) is 0 Å². The van der Waals surface area contributed by atoms with Crippen molar-refractivity contribution in [1.82, 2.24) is 9.97 Å².